The van der Waals surface area contributed by atoms with E-state index in [1.807, 2.05) is 26.0 Å². The minimum Gasteiger partial charge on any atom is -0.208 e. The van der Waals surface area contributed by atoms with Crippen LogP contribution in [0.2, 0.25) is 0 Å². The van der Waals surface area contributed by atoms with Crippen molar-refractivity contribution >= 4 is 21.4 Å². The smallest absolute Gasteiger partial charge is 0.208 e. The third kappa shape index (κ3) is 3.69. The van der Waals surface area contributed by atoms with Gasteiger partial charge in [0, 0.05) is 15.8 Å². The molecule has 2 aromatic rings. The van der Waals surface area contributed by atoms with Gasteiger partial charge in [0.05, 0.1) is 4.90 Å². The maximum atomic E-state index is 12.4. The van der Waals surface area contributed by atoms with Crippen LogP contribution in [-0.4, -0.2) is 14.5 Å². The SMILES string of the molecule is Cc1ccc(CC(C)NS(=O)(=O)c2ccccc2C)s1. The average molecular weight is 309 g/mol. The summed E-state index contributed by atoms with van der Waals surface area (Å²) in [5.41, 5.74) is 0.763. The van der Waals surface area contributed by atoms with Crippen LogP contribution in [0.4, 0.5) is 0 Å². The molecule has 1 atom stereocenters. The number of sulfonamides is 1. The van der Waals surface area contributed by atoms with Crippen molar-refractivity contribution in [3.8, 4) is 0 Å². The first-order valence-electron chi connectivity index (χ1n) is 6.52. The molecule has 1 aromatic heterocycles. The molecule has 108 valence electrons. The minimum absolute atomic E-state index is 0.127. The molecule has 0 aliphatic carbocycles. The van der Waals surface area contributed by atoms with Crippen LogP contribution in [0.5, 0.6) is 0 Å². The first-order valence-corrected chi connectivity index (χ1v) is 8.82. The highest BCUT2D eigenvalue weighted by molar-refractivity contribution is 7.89. The molecule has 0 spiro atoms. The largest absolute Gasteiger partial charge is 0.241 e. The molecule has 1 heterocycles. The zero-order chi connectivity index (χ0) is 14.8. The monoisotopic (exact) mass is 309 g/mol. The molecule has 0 aliphatic heterocycles. The van der Waals surface area contributed by atoms with Crippen LogP contribution < -0.4 is 4.72 Å². The van der Waals surface area contributed by atoms with Crippen molar-refractivity contribution in [2.24, 2.45) is 0 Å². The van der Waals surface area contributed by atoms with Gasteiger partial charge in [-0.05, 0) is 51.0 Å². The zero-order valence-corrected chi connectivity index (χ0v) is 13.5. The van der Waals surface area contributed by atoms with Crippen LogP contribution in [0, 0.1) is 13.8 Å². The molecular weight excluding hydrogens is 290 g/mol. The topological polar surface area (TPSA) is 46.2 Å². The number of rotatable bonds is 5. The lowest BCUT2D eigenvalue weighted by Gasteiger charge is -2.14. The fraction of sp³-hybridized carbons (Fsp3) is 0.333. The molecule has 1 N–H and O–H groups in total. The standard InChI is InChI=1S/C15H19NO2S2/c1-11-6-4-5-7-15(11)20(17,18)16-12(2)10-14-9-8-13(3)19-14/h4-9,12,16H,10H2,1-3H3. The maximum Gasteiger partial charge on any atom is 0.241 e. The molecule has 1 unspecified atom stereocenters. The van der Waals surface area contributed by atoms with Crippen LogP contribution in [0.15, 0.2) is 41.3 Å². The third-order valence-corrected chi connectivity index (χ3v) is 5.82. The van der Waals surface area contributed by atoms with Gasteiger partial charge in [0.1, 0.15) is 0 Å². The van der Waals surface area contributed by atoms with Gasteiger partial charge in [-0.15, -0.1) is 11.3 Å². The van der Waals surface area contributed by atoms with E-state index in [1.165, 1.54) is 9.75 Å². The van der Waals surface area contributed by atoms with E-state index < -0.39 is 10.0 Å². The van der Waals surface area contributed by atoms with Gasteiger partial charge in [0.25, 0.3) is 0 Å². The molecule has 0 amide bonds. The molecule has 0 radical (unpaired) electrons. The molecule has 0 fully saturated rings. The summed E-state index contributed by atoms with van der Waals surface area (Å²) >= 11 is 1.71. The quantitative estimate of drug-likeness (QED) is 0.921. The van der Waals surface area contributed by atoms with Crippen molar-refractivity contribution < 1.29 is 8.42 Å². The highest BCUT2D eigenvalue weighted by atomic mass is 32.2. The number of aryl methyl sites for hydroxylation is 2. The molecular formula is C15H19NO2S2. The maximum absolute atomic E-state index is 12.4. The van der Waals surface area contributed by atoms with Crippen molar-refractivity contribution in [1.29, 1.82) is 0 Å². The number of nitrogens with one attached hydrogen (secondary N) is 1. The van der Waals surface area contributed by atoms with E-state index in [0.29, 0.717) is 11.3 Å². The van der Waals surface area contributed by atoms with Crippen LogP contribution >= 0.6 is 11.3 Å². The fourth-order valence-corrected chi connectivity index (χ4v) is 4.63. The van der Waals surface area contributed by atoms with E-state index in [4.69, 9.17) is 0 Å². The van der Waals surface area contributed by atoms with Gasteiger partial charge in [-0.25, -0.2) is 13.1 Å². The molecule has 2 rings (SSSR count). The Bertz CT molecular complexity index is 689. The number of hydrogen-bond acceptors (Lipinski definition) is 3. The minimum atomic E-state index is -3.45. The van der Waals surface area contributed by atoms with Gasteiger partial charge in [0.15, 0.2) is 0 Å². The van der Waals surface area contributed by atoms with E-state index in [0.717, 1.165) is 5.56 Å². The lowest BCUT2D eigenvalue weighted by Crippen LogP contribution is -2.34. The molecule has 3 nitrogen and oxygen atoms in total. The van der Waals surface area contributed by atoms with Gasteiger partial charge in [-0.2, -0.15) is 0 Å². The van der Waals surface area contributed by atoms with Crippen molar-refractivity contribution in [1.82, 2.24) is 4.72 Å². The predicted octanol–water partition coefficient (Wildman–Crippen LogP) is 3.27. The summed E-state index contributed by atoms with van der Waals surface area (Å²) in [7, 11) is -3.45. The van der Waals surface area contributed by atoms with Crippen LogP contribution in [-0.2, 0) is 16.4 Å². The molecule has 0 bridgehead atoms. The highest BCUT2D eigenvalue weighted by Gasteiger charge is 2.19. The van der Waals surface area contributed by atoms with E-state index >= 15 is 0 Å². The van der Waals surface area contributed by atoms with Gasteiger partial charge in [-0.1, -0.05) is 18.2 Å². The summed E-state index contributed by atoms with van der Waals surface area (Å²) < 4.78 is 27.5. The van der Waals surface area contributed by atoms with E-state index in [-0.39, 0.29) is 6.04 Å². The molecule has 0 aliphatic rings. The van der Waals surface area contributed by atoms with E-state index in [9.17, 15) is 8.42 Å². The summed E-state index contributed by atoms with van der Waals surface area (Å²) in [6.07, 6.45) is 0.712. The lowest BCUT2D eigenvalue weighted by molar-refractivity contribution is 0.560. The van der Waals surface area contributed by atoms with Gasteiger partial charge in [0.2, 0.25) is 10.0 Å². The Morgan fingerprint density at radius 3 is 2.45 bits per heavy atom. The van der Waals surface area contributed by atoms with Crippen molar-refractivity contribution in [3.63, 3.8) is 0 Å². The Hall–Kier alpha value is -1.17. The highest BCUT2D eigenvalue weighted by Crippen LogP contribution is 2.18. The predicted molar refractivity (Wildman–Crippen MR) is 83.7 cm³/mol. The summed E-state index contributed by atoms with van der Waals surface area (Å²) in [5.74, 6) is 0. The Balaban J connectivity index is 2.10. The normalized spacial score (nSPS) is 13.3. The van der Waals surface area contributed by atoms with E-state index in [2.05, 4.69) is 23.8 Å². The Kier molecular flexibility index (Phi) is 4.62. The van der Waals surface area contributed by atoms with Crippen LogP contribution in [0.1, 0.15) is 22.2 Å². The summed E-state index contributed by atoms with van der Waals surface area (Å²) in [6, 6.07) is 11.0. The molecule has 0 saturated carbocycles. The van der Waals surface area contributed by atoms with Gasteiger partial charge < -0.3 is 0 Å². The first-order chi connectivity index (χ1) is 9.38. The zero-order valence-electron chi connectivity index (χ0n) is 11.9. The van der Waals surface area contributed by atoms with Crippen molar-refractivity contribution in [2.75, 3.05) is 0 Å². The van der Waals surface area contributed by atoms with E-state index in [1.54, 1.807) is 23.5 Å². The second kappa shape index (κ2) is 6.08. The number of hydrogen-bond donors (Lipinski definition) is 1. The Morgan fingerprint density at radius 2 is 1.85 bits per heavy atom. The molecule has 1 aromatic carbocycles. The van der Waals surface area contributed by atoms with Crippen molar-refractivity contribution in [3.05, 3.63) is 51.7 Å². The van der Waals surface area contributed by atoms with Gasteiger partial charge in [-0.3, -0.25) is 0 Å². The molecule has 5 heteroatoms. The second-order valence-corrected chi connectivity index (χ2v) is 8.06. The van der Waals surface area contributed by atoms with Crippen molar-refractivity contribution in [2.45, 2.75) is 38.1 Å². The Morgan fingerprint density at radius 1 is 1.15 bits per heavy atom. The second-order valence-electron chi connectivity index (χ2n) is 5.00. The third-order valence-electron chi connectivity index (χ3n) is 3.04. The average Bonchev–Trinajstić information content (AvgIpc) is 2.74. The first kappa shape index (κ1) is 15.2. The summed E-state index contributed by atoms with van der Waals surface area (Å²) in [6.45, 7) is 5.75. The Labute approximate surface area is 124 Å². The van der Waals surface area contributed by atoms with Gasteiger partial charge >= 0.3 is 0 Å². The summed E-state index contributed by atoms with van der Waals surface area (Å²) in [5, 5.41) is 0. The molecule has 20 heavy (non-hydrogen) atoms. The lowest BCUT2D eigenvalue weighted by atomic mass is 10.2. The fourth-order valence-electron chi connectivity index (χ4n) is 2.12. The van der Waals surface area contributed by atoms with Crippen LogP contribution in [0.3, 0.4) is 0 Å². The number of thiophene rings is 1. The summed E-state index contributed by atoms with van der Waals surface area (Å²) in [4.78, 5) is 2.80. The number of benzene rings is 1. The molecule has 0 saturated heterocycles. The van der Waals surface area contributed by atoms with Crippen LogP contribution in [0.25, 0.3) is 0 Å².